The molecule has 0 saturated carbocycles. The van der Waals surface area contributed by atoms with Crippen LogP contribution < -0.4 is 5.32 Å². The van der Waals surface area contributed by atoms with Gasteiger partial charge in [0.15, 0.2) is 0 Å². The van der Waals surface area contributed by atoms with Crippen molar-refractivity contribution < 1.29 is 14.8 Å². The number of aromatic carboxylic acids is 1. The van der Waals surface area contributed by atoms with Gasteiger partial charge >= 0.3 is 11.7 Å². The van der Waals surface area contributed by atoms with Gasteiger partial charge in [-0.25, -0.2) is 9.78 Å². The zero-order valence-electron chi connectivity index (χ0n) is 10.8. The Kier molecular flexibility index (Phi) is 4.29. The predicted molar refractivity (Wildman–Crippen MR) is 72.8 cm³/mol. The summed E-state index contributed by atoms with van der Waals surface area (Å²) in [7, 11) is 0. The van der Waals surface area contributed by atoms with Gasteiger partial charge in [-0.2, -0.15) is 0 Å². The van der Waals surface area contributed by atoms with Crippen LogP contribution in [0, 0.1) is 16.0 Å². The number of carboxylic acids is 1. The van der Waals surface area contributed by atoms with Gasteiger partial charge in [0.1, 0.15) is 17.6 Å². The van der Waals surface area contributed by atoms with Crippen LogP contribution in [0.5, 0.6) is 0 Å². The molecule has 0 radical (unpaired) electrons. The second kappa shape index (κ2) is 6.14. The molecule has 1 heterocycles. The van der Waals surface area contributed by atoms with Crippen molar-refractivity contribution in [2.45, 2.75) is 19.3 Å². The van der Waals surface area contributed by atoms with Gasteiger partial charge < -0.3 is 10.4 Å². The summed E-state index contributed by atoms with van der Waals surface area (Å²) in [5, 5.41) is 22.7. The van der Waals surface area contributed by atoms with E-state index in [2.05, 4.69) is 22.5 Å². The van der Waals surface area contributed by atoms with Gasteiger partial charge in [-0.15, -0.1) is 0 Å². The largest absolute Gasteiger partial charge is 0.477 e. The molecule has 1 aliphatic carbocycles. The fraction of sp³-hybridized carbons (Fsp3) is 0.385. The predicted octanol–water partition coefficient (Wildman–Crippen LogP) is 2.46. The molecule has 2 N–H and O–H groups in total. The Bertz CT molecular complexity index is 557. The van der Waals surface area contributed by atoms with Gasteiger partial charge in [-0.05, 0) is 25.2 Å². The molecular formula is C13H15N3O4. The summed E-state index contributed by atoms with van der Waals surface area (Å²) < 4.78 is 0. The summed E-state index contributed by atoms with van der Waals surface area (Å²) >= 11 is 0. The Morgan fingerprint density at radius 2 is 2.35 bits per heavy atom. The van der Waals surface area contributed by atoms with Crippen LogP contribution in [0.3, 0.4) is 0 Å². The minimum Gasteiger partial charge on any atom is -0.477 e. The van der Waals surface area contributed by atoms with Crippen molar-refractivity contribution in [2.75, 3.05) is 11.9 Å². The smallest absolute Gasteiger partial charge is 0.342 e. The number of aromatic nitrogens is 1. The molecule has 0 fully saturated rings. The molecule has 1 aromatic rings. The number of carbonyl (C=O) groups is 1. The van der Waals surface area contributed by atoms with Crippen LogP contribution in [-0.2, 0) is 0 Å². The fourth-order valence-corrected chi connectivity index (χ4v) is 2.15. The van der Waals surface area contributed by atoms with Crippen molar-refractivity contribution >= 4 is 17.5 Å². The highest BCUT2D eigenvalue weighted by molar-refractivity contribution is 5.93. The number of pyridine rings is 1. The summed E-state index contributed by atoms with van der Waals surface area (Å²) in [6.45, 7) is 0.675. The highest BCUT2D eigenvalue weighted by Crippen LogP contribution is 2.22. The minimum absolute atomic E-state index is 0.350. The normalized spacial score (nSPS) is 17.7. The molecule has 0 aliphatic heterocycles. The van der Waals surface area contributed by atoms with E-state index in [1.54, 1.807) is 0 Å². The van der Waals surface area contributed by atoms with Crippen LogP contribution in [-0.4, -0.2) is 27.5 Å². The van der Waals surface area contributed by atoms with Gasteiger partial charge in [0.2, 0.25) is 0 Å². The van der Waals surface area contributed by atoms with Crippen molar-refractivity contribution in [3.05, 3.63) is 40.1 Å². The number of nitrogens with one attached hydrogen (secondary N) is 1. The number of hydrogen-bond acceptors (Lipinski definition) is 5. The van der Waals surface area contributed by atoms with Crippen molar-refractivity contribution in [2.24, 2.45) is 5.92 Å². The van der Waals surface area contributed by atoms with Crippen molar-refractivity contribution in [3.8, 4) is 0 Å². The lowest BCUT2D eigenvalue weighted by Gasteiger charge is -2.18. The number of nitrogens with zero attached hydrogens (tertiary/aromatic N) is 2. The number of hydrogen-bond donors (Lipinski definition) is 2. The number of rotatable bonds is 5. The van der Waals surface area contributed by atoms with E-state index in [-0.39, 0.29) is 5.56 Å². The molecule has 7 heteroatoms. The number of anilines is 1. The monoisotopic (exact) mass is 277 g/mol. The first-order valence-electron chi connectivity index (χ1n) is 6.34. The number of allylic oxidation sites excluding steroid dienone is 2. The van der Waals surface area contributed by atoms with E-state index < -0.39 is 16.6 Å². The molecule has 0 aromatic carbocycles. The van der Waals surface area contributed by atoms with E-state index in [9.17, 15) is 14.9 Å². The average Bonchev–Trinajstić information content (AvgIpc) is 2.45. The Balaban J connectivity index is 2.08. The standard InChI is InChI=1S/C13H15N3O4/c17-13(18)10-6-12(15-8-11(10)16(19)20)14-7-9-4-2-1-3-5-9/h1-2,6,8-9H,3-5,7H2,(H,14,15)(H,17,18). The lowest BCUT2D eigenvalue weighted by molar-refractivity contribution is -0.385. The molecule has 1 unspecified atom stereocenters. The summed E-state index contributed by atoms with van der Waals surface area (Å²) in [5.41, 5.74) is -0.848. The third kappa shape index (κ3) is 3.31. The number of nitro groups is 1. The topological polar surface area (TPSA) is 105 Å². The van der Waals surface area contributed by atoms with Crippen LogP contribution in [0.4, 0.5) is 11.5 Å². The first-order chi connectivity index (χ1) is 9.58. The van der Waals surface area contributed by atoms with Gasteiger partial charge in [-0.1, -0.05) is 12.2 Å². The summed E-state index contributed by atoms with van der Waals surface area (Å²) in [4.78, 5) is 24.9. The molecule has 1 aromatic heterocycles. The molecule has 0 bridgehead atoms. The van der Waals surface area contributed by atoms with E-state index in [4.69, 9.17) is 5.11 Å². The second-order valence-electron chi connectivity index (χ2n) is 4.68. The van der Waals surface area contributed by atoms with E-state index in [0.717, 1.165) is 25.5 Å². The highest BCUT2D eigenvalue weighted by atomic mass is 16.6. The summed E-state index contributed by atoms with van der Waals surface area (Å²) in [6.07, 6.45) is 8.34. The van der Waals surface area contributed by atoms with Gasteiger partial charge in [-0.3, -0.25) is 10.1 Å². The van der Waals surface area contributed by atoms with Crippen LogP contribution in [0.15, 0.2) is 24.4 Å². The Morgan fingerprint density at radius 3 is 2.95 bits per heavy atom. The number of carboxylic acid groups (broad SMARTS) is 1. The molecule has 7 nitrogen and oxygen atoms in total. The van der Waals surface area contributed by atoms with Crippen LogP contribution in [0.1, 0.15) is 29.6 Å². The van der Waals surface area contributed by atoms with E-state index in [1.165, 1.54) is 6.07 Å². The molecule has 1 atom stereocenters. The zero-order valence-corrected chi connectivity index (χ0v) is 10.8. The van der Waals surface area contributed by atoms with Crippen LogP contribution in [0.25, 0.3) is 0 Å². The first-order valence-corrected chi connectivity index (χ1v) is 6.34. The maximum atomic E-state index is 11.0. The van der Waals surface area contributed by atoms with Gasteiger partial charge in [0, 0.05) is 12.6 Å². The second-order valence-corrected chi connectivity index (χ2v) is 4.68. The maximum absolute atomic E-state index is 11.0. The SMILES string of the molecule is O=C(O)c1cc(NCC2CC=CCC2)ncc1[N+](=O)[O-]. The lowest BCUT2D eigenvalue weighted by Crippen LogP contribution is -2.16. The molecule has 106 valence electrons. The van der Waals surface area contributed by atoms with Crippen molar-refractivity contribution in [3.63, 3.8) is 0 Å². The van der Waals surface area contributed by atoms with Gasteiger partial charge in [0.05, 0.1) is 4.92 Å². The quantitative estimate of drug-likeness (QED) is 0.486. The molecule has 0 amide bonds. The van der Waals surface area contributed by atoms with Crippen LogP contribution in [0.2, 0.25) is 0 Å². The molecule has 0 spiro atoms. The summed E-state index contributed by atoms with van der Waals surface area (Å²) in [6, 6.07) is 1.21. The third-order valence-corrected chi connectivity index (χ3v) is 3.26. The Hall–Kier alpha value is -2.44. The van der Waals surface area contributed by atoms with Crippen LogP contribution >= 0.6 is 0 Å². The van der Waals surface area contributed by atoms with Crippen molar-refractivity contribution in [1.82, 2.24) is 4.98 Å². The maximum Gasteiger partial charge on any atom is 0.342 e. The summed E-state index contributed by atoms with van der Waals surface area (Å²) in [5.74, 6) is -0.504. The molecule has 20 heavy (non-hydrogen) atoms. The molecule has 1 aliphatic rings. The Morgan fingerprint density at radius 1 is 1.55 bits per heavy atom. The van der Waals surface area contributed by atoms with Crippen molar-refractivity contribution in [1.29, 1.82) is 0 Å². The minimum atomic E-state index is -1.33. The Labute approximate surface area is 115 Å². The average molecular weight is 277 g/mol. The molecule has 0 saturated heterocycles. The zero-order chi connectivity index (χ0) is 14.5. The fourth-order valence-electron chi connectivity index (χ4n) is 2.15. The highest BCUT2D eigenvalue weighted by Gasteiger charge is 2.21. The first kappa shape index (κ1) is 14.0. The van der Waals surface area contributed by atoms with E-state index in [1.807, 2.05) is 0 Å². The molecule has 2 rings (SSSR count). The molecular weight excluding hydrogens is 262 g/mol. The lowest BCUT2D eigenvalue weighted by atomic mass is 9.94. The van der Waals surface area contributed by atoms with E-state index >= 15 is 0 Å². The third-order valence-electron chi connectivity index (χ3n) is 3.26. The van der Waals surface area contributed by atoms with Gasteiger partial charge in [0.25, 0.3) is 0 Å². The van der Waals surface area contributed by atoms with E-state index in [0.29, 0.717) is 18.3 Å².